The molecule has 118 valence electrons. The van der Waals surface area contributed by atoms with E-state index in [2.05, 4.69) is 10.3 Å². The molecule has 0 bridgehead atoms. The molecule has 0 fully saturated rings. The first-order valence-electron chi connectivity index (χ1n) is 6.73. The highest BCUT2D eigenvalue weighted by atomic mass is 35.5. The zero-order chi connectivity index (χ0) is 16.6. The first-order valence-corrected chi connectivity index (χ1v) is 7.11. The molecular formula is C16H13ClN2O4. The molecule has 0 saturated heterocycles. The number of aromatic hydroxyl groups is 1. The molecule has 7 heteroatoms. The number of phenolic OH excluding ortho intramolecular Hbond substituents is 1. The van der Waals surface area contributed by atoms with Gasteiger partial charge in [0, 0.05) is 16.1 Å². The minimum absolute atomic E-state index is 0.0217. The number of phenols is 1. The lowest BCUT2D eigenvalue weighted by molar-refractivity contribution is -0.123. The second-order valence-corrected chi connectivity index (χ2v) is 5.35. The molecule has 1 unspecified atom stereocenters. The van der Waals surface area contributed by atoms with Gasteiger partial charge >= 0.3 is 0 Å². The predicted molar refractivity (Wildman–Crippen MR) is 86.4 cm³/mol. The Morgan fingerprint density at radius 3 is 2.78 bits per heavy atom. The van der Waals surface area contributed by atoms with Crippen LogP contribution >= 0.6 is 11.6 Å². The molecule has 23 heavy (non-hydrogen) atoms. The van der Waals surface area contributed by atoms with E-state index in [-0.39, 0.29) is 11.5 Å². The molecule has 6 nitrogen and oxygen atoms in total. The number of rotatable bonds is 2. The van der Waals surface area contributed by atoms with Crippen LogP contribution in [0.4, 0.5) is 5.69 Å². The molecule has 0 aromatic heterocycles. The normalized spacial score (nSPS) is 16.9. The fourth-order valence-electron chi connectivity index (χ4n) is 2.32. The summed E-state index contributed by atoms with van der Waals surface area (Å²) in [5.41, 5.74) is 1.99. The van der Waals surface area contributed by atoms with Crippen molar-refractivity contribution in [3.8, 4) is 11.5 Å². The number of methoxy groups -OCH3 is 1. The van der Waals surface area contributed by atoms with Gasteiger partial charge < -0.3 is 20.3 Å². The van der Waals surface area contributed by atoms with Gasteiger partial charge in [0.25, 0.3) is 5.91 Å². The van der Waals surface area contributed by atoms with Crippen LogP contribution < -0.4 is 10.1 Å². The molecule has 1 aliphatic rings. The highest BCUT2D eigenvalue weighted by molar-refractivity contribution is 6.32. The van der Waals surface area contributed by atoms with Gasteiger partial charge in [0.15, 0.2) is 11.5 Å². The molecule has 2 aromatic carbocycles. The van der Waals surface area contributed by atoms with Gasteiger partial charge in [-0.1, -0.05) is 11.6 Å². The van der Waals surface area contributed by atoms with Crippen molar-refractivity contribution >= 4 is 28.9 Å². The number of aliphatic hydroxyl groups excluding tert-OH is 1. The summed E-state index contributed by atoms with van der Waals surface area (Å²) in [6.45, 7) is 0. The van der Waals surface area contributed by atoms with E-state index in [0.29, 0.717) is 27.5 Å². The Bertz CT molecular complexity index is 820. The van der Waals surface area contributed by atoms with E-state index in [1.54, 1.807) is 30.3 Å². The van der Waals surface area contributed by atoms with Crippen LogP contribution in [0.15, 0.2) is 41.4 Å². The van der Waals surface area contributed by atoms with Gasteiger partial charge in [-0.2, -0.15) is 0 Å². The molecule has 0 radical (unpaired) electrons. The zero-order valence-electron chi connectivity index (χ0n) is 12.1. The van der Waals surface area contributed by atoms with E-state index in [9.17, 15) is 15.0 Å². The highest BCUT2D eigenvalue weighted by Gasteiger charge is 2.24. The predicted octanol–water partition coefficient (Wildman–Crippen LogP) is 2.16. The minimum atomic E-state index is -1.55. The average Bonchev–Trinajstić information content (AvgIpc) is 2.65. The van der Waals surface area contributed by atoms with Gasteiger partial charge in [0.05, 0.1) is 18.5 Å². The van der Waals surface area contributed by atoms with Gasteiger partial charge in [-0.3, -0.25) is 4.79 Å². The van der Waals surface area contributed by atoms with Crippen LogP contribution in [-0.2, 0) is 4.79 Å². The monoisotopic (exact) mass is 332 g/mol. The number of nitrogens with zero attached hydrogens (tertiary/aromatic N) is 1. The lowest BCUT2D eigenvalue weighted by atomic mass is 10.00. The van der Waals surface area contributed by atoms with E-state index in [4.69, 9.17) is 16.3 Å². The second kappa shape index (κ2) is 5.91. The number of benzodiazepines with no additional fused rings is 1. The molecule has 0 saturated carbocycles. The van der Waals surface area contributed by atoms with Crippen LogP contribution in [0.25, 0.3) is 0 Å². The lowest BCUT2D eigenvalue weighted by Crippen LogP contribution is -2.24. The van der Waals surface area contributed by atoms with E-state index in [0.717, 1.165) is 0 Å². The maximum atomic E-state index is 11.8. The molecule has 2 aromatic rings. The SMILES string of the molecule is COc1cc(C2=NC(O)C(=O)Nc3ccc(Cl)cc32)ccc1O. The van der Waals surface area contributed by atoms with Crippen LogP contribution in [0, 0.1) is 0 Å². The average molecular weight is 333 g/mol. The fourth-order valence-corrected chi connectivity index (χ4v) is 2.50. The van der Waals surface area contributed by atoms with Crippen molar-refractivity contribution in [1.29, 1.82) is 0 Å². The first-order chi connectivity index (χ1) is 11.0. The van der Waals surface area contributed by atoms with Gasteiger partial charge in [-0.15, -0.1) is 0 Å². The van der Waals surface area contributed by atoms with Crippen LogP contribution in [0.1, 0.15) is 11.1 Å². The molecule has 0 aliphatic carbocycles. The number of aliphatic imine (C=N–C) groups is 1. The number of ether oxygens (including phenoxy) is 1. The molecule has 1 aliphatic heterocycles. The van der Waals surface area contributed by atoms with Gasteiger partial charge in [0.2, 0.25) is 6.23 Å². The number of nitrogens with one attached hydrogen (secondary N) is 1. The van der Waals surface area contributed by atoms with Crippen molar-refractivity contribution in [1.82, 2.24) is 0 Å². The summed E-state index contributed by atoms with van der Waals surface area (Å²) >= 11 is 6.04. The van der Waals surface area contributed by atoms with Gasteiger partial charge in [-0.25, -0.2) is 4.99 Å². The van der Waals surface area contributed by atoms with Crippen molar-refractivity contribution in [2.75, 3.05) is 12.4 Å². The van der Waals surface area contributed by atoms with Crippen molar-refractivity contribution in [2.24, 2.45) is 4.99 Å². The van der Waals surface area contributed by atoms with Gasteiger partial charge in [0.1, 0.15) is 0 Å². The Morgan fingerprint density at radius 2 is 2.04 bits per heavy atom. The van der Waals surface area contributed by atoms with E-state index in [1.165, 1.54) is 13.2 Å². The summed E-state index contributed by atoms with van der Waals surface area (Å²) in [7, 11) is 1.43. The number of carbonyl (C=O) groups excluding carboxylic acids is 1. The maximum Gasteiger partial charge on any atom is 0.276 e. The standard InChI is InChI=1S/C16H13ClN2O4/c1-23-13-6-8(2-5-12(13)20)14-10-7-9(17)3-4-11(10)18-15(21)16(22)19-14/h2-7,16,20,22H,1H3,(H,18,21). The Balaban J connectivity index is 2.22. The quantitative estimate of drug-likeness (QED) is 0.786. The maximum absolute atomic E-state index is 11.8. The summed E-state index contributed by atoms with van der Waals surface area (Å²) in [6, 6.07) is 9.56. The third-order valence-electron chi connectivity index (χ3n) is 3.43. The number of carbonyl (C=O) groups is 1. The number of halogens is 1. The highest BCUT2D eigenvalue weighted by Crippen LogP contribution is 2.31. The first kappa shape index (κ1) is 15.3. The Kier molecular flexibility index (Phi) is 3.94. The summed E-state index contributed by atoms with van der Waals surface area (Å²) in [5.74, 6) is -0.396. The van der Waals surface area contributed by atoms with Gasteiger partial charge in [-0.05, 0) is 36.4 Å². The van der Waals surface area contributed by atoms with Crippen LogP contribution in [0.3, 0.4) is 0 Å². The molecule has 3 rings (SSSR count). The number of amides is 1. The molecule has 3 N–H and O–H groups in total. The minimum Gasteiger partial charge on any atom is -0.504 e. The van der Waals surface area contributed by atoms with Crippen molar-refractivity contribution < 1.29 is 19.7 Å². The van der Waals surface area contributed by atoms with E-state index < -0.39 is 12.1 Å². The number of anilines is 1. The van der Waals surface area contributed by atoms with Crippen LogP contribution in [-0.4, -0.2) is 35.2 Å². The summed E-state index contributed by atoms with van der Waals surface area (Å²) in [5, 5.41) is 22.7. The zero-order valence-corrected chi connectivity index (χ0v) is 12.8. The van der Waals surface area contributed by atoms with Crippen molar-refractivity contribution in [3.05, 3.63) is 52.5 Å². The molecule has 1 atom stereocenters. The van der Waals surface area contributed by atoms with Crippen molar-refractivity contribution in [2.45, 2.75) is 6.23 Å². The summed E-state index contributed by atoms with van der Waals surface area (Å²) in [4.78, 5) is 15.9. The number of benzene rings is 2. The summed E-state index contributed by atoms with van der Waals surface area (Å²) in [6.07, 6.45) is -1.55. The van der Waals surface area contributed by atoms with Crippen LogP contribution in [0.5, 0.6) is 11.5 Å². The number of fused-ring (bicyclic) bond motifs is 1. The number of hydrogen-bond acceptors (Lipinski definition) is 5. The fraction of sp³-hybridized carbons (Fsp3) is 0.125. The molecule has 0 spiro atoms. The Hall–Kier alpha value is -2.57. The smallest absolute Gasteiger partial charge is 0.276 e. The number of aliphatic hydroxyl groups is 1. The largest absolute Gasteiger partial charge is 0.504 e. The van der Waals surface area contributed by atoms with E-state index in [1.807, 2.05) is 0 Å². The molecular weight excluding hydrogens is 320 g/mol. The lowest BCUT2D eigenvalue weighted by Gasteiger charge is -2.12. The molecule has 1 amide bonds. The van der Waals surface area contributed by atoms with Crippen molar-refractivity contribution in [3.63, 3.8) is 0 Å². The Labute approximate surface area is 137 Å². The summed E-state index contributed by atoms with van der Waals surface area (Å²) < 4.78 is 5.09. The molecule has 1 heterocycles. The second-order valence-electron chi connectivity index (χ2n) is 4.92. The third-order valence-corrected chi connectivity index (χ3v) is 3.67. The number of hydrogen-bond donors (Lipinski definition) is 3. The van der Waals surface area contributed by atoms with Crippen LogP contribution in [0.2, 0.25) is 5.02 Å². The van der Waals surface area contributed by atoms with E-state index >= 15 is 0 Å². The Morgan fingerprint density at radius 1 is 1.26 bits per heavy atom. The third kappa shape index (κ3) is 2.86. The topological polar surface area (TPSA) is 91.2 Å².